The van der Waals surface area contributed by atoms with Crippen molar-refractivity contribution in [3.05, 3.63) is 47.0 Å². The van der Waals surface area contributed by atoms with Crippen LogP contribution in [0.2, 0.25) is 0 Å². The molecule has 0 atom stereocenters. The molecule has 2 aromatic rings. The van der Waals surface area contributed by atoms with Crippen molar-refractivity contribution >= 4 is 57.2 Å². The van der Waals surface area contributed by atoms with Crippen molar-refractivity contribution in [2.75, 3.05) is 6.54 Å². The molecule has 0 spiro atoms. The van der Waals surface area contributed by atoms with Gasteiger partial charge in [-0.3, -0.25) is 19.5 Å². The maximum atomic E-state index is 12.2. The molecule has 0 saturated carbocycles. The third-order valence-corrected chi connectivity index (χ3v) is 4.47. The zero-order valence-electron chi connectivity index (χ0n) is 11.2. The number of pyridine rings is 1. The lowest BCUT2D eigenvalue weighted by atomic mass is 10.1. The number of aromatic nitrogens is 1. The maximum absolute atomic E-state index is 12.2. The van der Waals surface area contributed by atoms with Crippen molar-refractivity contribution in [2.24, 2.45) is 0 Å². The zero-order valence-corrected chi connectivity index (χ0v) is 12.9. The number of carboxylic acids is 1. The van der Waals surface area contributed by atoms with Crippen LogP contribution in [0.4, 0.5) is 0 Å². The molecule has 5 nitrogen and oxygen atoms in total. The van der Waals surface area contributed by atoms with E-state index in [0.717, 1.165) is 33.1 Å². The van der Waals surface area contributed by atoms with Gasteiger partial charge in [0.15, 0.2) is 0 Å². The predicted octanol–water partition coefficient (Wildman–Crippen LogP) is 2.52. The molecule has 1 aliphatic heterocycles. The fourth-order valence-electron chi connectivity index (χ4n) is 2.10. The summed E-state index contributed by atoms with van der Waals surface area (Å²) in [6, 6.07) is 9.50. The van der Waals surface area contributed by atoms with Crippen LogP contribution in [0.3, 0.4) is 0 Å². The Hall–Kier alpha value is -2.25. The molecule has 1 amide bonds. The summed E-state index contributed by atoms with van der Waals surface area (Å²) in [6.07, 6.45) is 3.41. The third kappa shape index (κ3) is 2.86. The minimum Gasteiger partial charge on any atom is -0.480 e. The fourth-order valence-corrected chi connectivity index (χ4v) is 3.35. The summed E-state index contributed by atoms with van der Waals surface area (Å²) in [4.78, 5) is 28.7. The van der Waals surface area contributed by atoms with Gasteiger partial charge in [-0.2, -0.15) is 0 Å². The van der Waals surface area contributed by atoms with E-state index in [2.05, 4.69) is 4.98 Å². The standard InChI is InChI=1S/C15H10N2O3S2/c18-13(19)8-17-14(20)12(22-15(17)21)7-9-3-4-10-2-1-5-16-11(10)6-9/h1-7H,8H2,(H,18,19). The number of fused-ring (bicyclic) bond motifs is 1. The molecule has 1 aliphatic rings. The Bertz CT molecular complexity index is 832. The Morgan fingerprint density at radius 2 is 2.23 bits per heavy atom. The molecule has 1 aromatic heterocycles. The van der Waals surface area contributed by atoms with E-state index in [1.54, 1.807) is 12.3 Å². The van der Waals surface area contributed by atoms with Crippen LogP contribution in [-0.2, 0) is 9.59 Å². The second-order valence-corrected chi connectivity index (χ2v) is 6.29. The molecule has 0 aliphatic carbocycles. The van der Waals surface area contributed by atoms with Gasteiger partial charge in [0.2, 0.25) is 0 Å². The first-order valence-corrected chi connectivity index (χ1v) is 7.59. The van der Waals surface area contributed by atoms with Crippen LogP contribution in [0.1, 0.15) is 5.56 Å². The van der Waals surface area contributed by atoms with Crippen LogP contribution in [0.15, 0.2) is 41.4 Å². The Labute approximate surface area is 135 Å². The SMILES string of the molecule is O=C(O)CN1C(=O)C(=Cc2ccc3cccnc3c2)SC1=S. The summed E-state index contributed by atoms with van der Waals surface area (Å²) < 4.78 is 0.262. The number of carbonyl (C=O) groups excluding carboxylic acids is 1. The van der Waals surface area contributed by atoms with Crippen LogP contribution >= 0.6 is 24.0 Å². The first kappa shape index (κ1) is 14.7. The number of hydrogen-bond donors (Lipinski definition) is 1. The number of thioether (sulfide) groups is 1. The molecule has 1 aromatic carbocycles. The Kier molecular flexibility index (Phi) is 3.91. The van der Waals surface area contributed by atoms with Gasteiger partial charge in [-0.05, 0) is 23.8 Å². The van der Waals surface area contributed by atoms with Crippen molar-refractivity contribution in [1.29, 1.82) is 0 Å². The van der Waals surface area contributed by atoms with E-state index >= 15 is 0 Å². The van der Waals surface area contributed by atoms with Crippen LogP contribution in [-0.4, -0.2) is 37.7 Å². The van der Waals surface area contributed by atoms with E-state index in [1.165, 1.54) is 0 Å². The second kappa shape index (κ2) is 5.86. The fraction of sp³-hybridized carbons (Fsp3) is 0.0667. The minimum absolute atomic E-state index is 0.262. The highest BCUT2D eigenvalue weighted by Crippen LogP contribution is 2.32. The first-order valence-electron chi connectivity index (χ1n) is 6.36. The summed E-state index contributed by atoms with van der Waals surface area (Å²) in [5.74, 6) is -1.47. The largest absolute Gasteiger partial charge is 0.480 e. The van der Waals surface area contributed by atoms with Gasteiger partial charge in [0.05, 0.1) is 10.4 Å². The van der Waals surface area contributed by atoms with Gasteiger partial charge in [-0.15, -0.1) is 0 Å². The average molecular weight is 330 g/mol. The van der Waals surface area contributed by atoms with Gasteiger partial charge in [-0.25, -0.2) is 0 Å². The number of hydrogen-bond acceptors (Lipinski definition) is 5. The number of aliphatic carboxylic acids is 1. The van der Waals surface area contributed by atoms with Crippen LogP contribution in [0.25, 0.3) is 17.0 Å². The molecular weight excluding hydrogens is 320 g/mol. The van der Waals surface area contributed by atoms with E-state index in [1.807, 2.05) is 30.3 Å². The van der Waals surface area contributed by atoms with E-state index in [4.69, 9.17) is 17.3 Å². The molecule has 0 bridgehead atoms. The highest BCUT2D eigenvalue weighted by molar-refractivity contribution is 8.26. The number of rotatable bonds is 3. The van der Waals surface area contributed by atoms with Crippen molar-refractivity contribution in [3.8, 4) is 0 Å². The number of amides is 1. The molecule has 1 N–H and O–H groups in total. The Morgan fingerprint density at radius 3 is 3.00 bits per heavy atom. The summed E-state index contributed by atoms with van der Waals surface area (Å²) in [5.41, 5.74) is 1.65. The van der Waals surface area contributed by atoms with Gasteiger partial charge in [0.1, 0.15) is 10.9 Å². The van der Waals surface area contributed by atoms with E-state index in [0.29, 0.717) is 4.91 Å². The molecular formula is C15H10N2O3S2. The van der Waals surface area contributed by atoms with Crippen molar-refractivity contribution in [1.82, 2.24) is 9.88 Å². The van der Waals surface area contributed by atoms with Crippen molar-refractivity contribution < 1.29 is 14.7 Å². The van der Waals surface area contributed by atoms with Gasteiger partial charge < -0.3 is 5.11 Å². The minimum atomic E-state index is -1.09. The lowest BCUT2D eigenvalue weighted by Crippen LogP contribution is -2.33. The lowest BCUT2D eigenvalue weighted by molar-refractivity contribution is -0.140. The molecule has 22 heavy (non-hydrogen) atoms. The third-order valence-electron chi connectivity index (χ3n) is 3.09. The van der Waals surface area contributed by atoms with Crippen molar-refractivity contribution in [2.45, 2.75) is 0 Å². The van der Waals surface area contributed by atoms with Crippen LogP contribution in [0, 0.1) is 0 Å². The predicted molar refractivity (Wildman–Crippen MR) is 89.3 cm³/mol. The van der Waals surface area contributed by atoms with Crippen LogP contribution < -0.4 is 0 Å². The Balaban J connectivity index is 1.92. The molecule has 1 saturated heterocycles. The van der Waals surface area contributed by atoms with E-state index < -0.39 is 12.5 Å². The van der Waals surface area contributed by atoms with Gasteiger partial charge in [0.25, 0.3) is 5.91 Å². The normalized spacial score (nSPS) is 16.7. The van der Waals surface area contributed by atoms with Gasteiger partial charge in [0, 0.05) is 11.6 Å². The highest BCUT2D eigenvalue weighted by Gasteiger charge is 2.33. The molecule has 2 heterocycles. The van der Waals surface area contributed by atoms with Crippen LogP contribution in [0.5, 0.6) is 0 Å². The number of thiocarbonyl (C=S) groups is 1. The smallest absolute Gasteiger partial charge is 0.323 e. The molecule has 0 unspecified atom stereocenters. The summed E-state index contributed by atoms with van der Waals surface area (Å²) in [6.45, 7) is -0.415. The average Bonchev–Trinajstić information content (AvgIpc) is 2.74. The quantitative estimate of drug-likeness (QED) is 0.689. The maximum Gasteiger partial charge on any atom is 0.323 e. The molecule has 110 valence electrons. The monoisotopic (exact) mass is 330 g/mol. The number of carbonyl (C=O) groups is 2. The molecule has 0 radical (unpaired) electrons. The molecule has 3 rings (SSSR count). The number of benzene rings is 1. The summed E-state index contributed by atoms with van der Waals surface area (Å²) in [5, 5.41) is 9.83. The van der Waals surface area contributed by atoms with Gasteiger partial charge in [-0.1, -0.05) is 42.2 Å². The van der Waals surface area contributed by atoms with Gasteiger partial charge >= 0.3 is 5.97 Å². The van der Waals surface area contributed by atoms with E-state index in [-0.39, 0.29) is 10.2 Å². The first-order chi connectivity index (χ1) is 10.5. The van der Waals surface area contributed by atoms with E-state index in [9.17, 15) is 9.59 Å². The number of carboxylic acid groups (broad SMARTS) is 1. The lowest BCUT2D eigenvalue weighted by Gasteiger charge is -2.10. The Morgan fingerprint density at radius 1 is 1.41 bits per heavy atom. The number of nitrogens with zero attached hydrogens (tertiary/aromatic N) is 2. The topological polar surface area (TPSA) is 70.5 Å². The van der Waals surface area contributed by atoms with Crippen molar-refractivity contribution in [3.63, 3.8) is 0 Å². The molecule has 1 fully saturated rings. The summed E-state index contributed by atoms with van der Waals surface area (Å²) >= 11 is 6.17. The second-order valence-electron chi connectivity index (χ2n) is 4.62. The highest BCUT2D eigenvalue weighted by atomic mass is 32.2. The summed E-state index contributed by atoms with van der Waals surface area (Å²) in [7, 11) is 0. The molecule has 7 heteroatoms. The zero-order chi connectivity index (χ0) is 15.7.